The molecule has 8 heteroatoms. The van der Waals surface area contributed by atoms with Crippen molar-refractivity contribution in [3.63, 3.8) is 0 Å². The molecule has 6 nitrogen and oxygen atoms in total. The summed E-state index contributed by atoms with van der Waals surface area (Å²) in [6.45, 7) is 3.57. The van der Waals surface area contributed by atoms with Crippen LogP contribution in [0.3, 0.4) is 0 Å². The highest BCUT2D eigenvalue weighted by molar-refractivity contribution is 6.44. The number of aryl methyl sites for hydroxylation is 2. The minimum absolute atomic E-state index is 0.0858. The first-order valence-corrected chi connectivity index (χ1v) is 10.7. The quantitative estimate of drug-likeness (QED) is 0.337. The zero-order valence-corrected chi connectivity index (χ0v) is 19.3. The predicted molar refractivity (Wildman–Crippen MR) is 129 cm³/mol. The molecule has 1 amide bonds. The standard InChI is InChI=1S/C25H19Cl2NO5/c1-14-6-7-15(2)20(10-14)33-22-12-32-21-11-16(8-9-17(21)25(22)30)31-13-23(29)28-19-5-3-4-18(26)24(19)27/h3-12H,13H2,1-2H3,(H,28,29). The Balaban J connectivity index is 1.48. The Morgan fingerprint density at radius 1 is 1.03 bits per heavy atom. The lowest BCUT2D eigenvalue weighted by atomic mass is 10.1. The molecule has 0 aliphatic carbocycles. The lowest BCUT2D eigenvalue weighted by Crippen LogP contribution is -2.20. The van der Waals surface area contributed by atoms with E-state index >= 15 is 0 Å². The first-order chi connectivity index (χ1) is 15.8. The number of hydrogen-bond acceptors (Lipinski definition) is 5. The van der Waals surface area contributed by atoms with Crippen molar-refractivity contribution >= 4 is 45.8 Å². The molecule has 0 radical (unpaired) electrons. The highest BCUT2D eigenvalue weighted by Crippen LogP contribution is 2.30. The summed E-state index contributed by atoms with van der Waals surface area (Å²) in [4.78, 5) is 25.1. The van der Waals surface area contributed by atoms with Crippen LogP contribution in [0.5, 0.6) is 17.2 Å². The number of carbonyl (C=O) groups excluding carboxylic acids is 1. The van der Waals surface area contributed by atoms with Crippen LogP contribution in [-0.4, -0.2) is 12.5 Å². The molecule has 0 fully saturated rings. The topological polar surface area (TPSA) is 77.8 Å². The molecule has 0 aliphatic heterocycles. The van der Waals surface area contributed by atoms with Crippen molar-refractivity contribution in [2.75, 3.05) is 11.9 Å². The number of amides is 1. The molecular formula is C25H19Cl2NO5. The molecule has 4 aromatic rings. The fourth-order valence-electron chi connectivity index (χ4n) is 3.12. The van der Waals surface area contributed by atoms with Gasteiger partial charge in [0.2, 0.25) is 11.2 Å². The highest BCUT2D eigenvalue weighted by atomic mass is 35.5. The molecule has 33 heavy (non-hydrogen) atoms. The summed E-state index contributed by atoms with van der Waals surface area (Å²) < 4.78 is 16.9. The van der Waals surface area contributed by atoms with Gasteiger partial charge in [0.05, 0.1) is 21.1 Å². The van der Waals surface area contributed by atoms with E-state index in [9.17, 15) is 9.59 Å². The van der Waals surface area contributed by atoms with Gasteiger partial charge >= 0.3 is 0 Å². The predicted octanol–water partition coefficient (Wildman–Crippen LogP) is 6.53. The van der Waals surface area contributed by atoms with Gasteiger partial charge < -0.3 is 19.2 Å². The number of halogens is 2. The Hall–Kier alpha value is -3.48. The third-order valence-corrected chi connectivity index (χ3v) is 5.69. The first-order valence-electron chi connectivity index (χ1n) is 9.99. The molecule has 0 saturated heterocycles. The largest absolute Gasteiger partial charge is 0.484 e. The van der Waals surface area contributed by atoms with E-state index in [4.69, 9.17) is 37.1 Å². The lowest BCUT2D eigenvalue weighted by Gasteiger charge is -2.11. The minimum Gasteiger partial charge on any atom is -0.484 e. The fraction of sp³-hybridized carbons (Fsp3) is 0.120. The Morgan fingerprint density at radius 3 is 2.67 bits per heavy atom. The Bertz CT molecular complexity index is 1410. The van der Waals surface area contributed by atoms with Crippen LogP contribution in [0.15, 0.2) is 70.1 Å². The smallest absolute Gasteiger partial charge is 0.262 e. The molecule has 1 heterocycles. The maximum absolute atomic E-state index is 12.9. The van der Waals surface area contributed by atoms with Gasteiger partial charge in [-0.05, 0) is 55.3 Å². The Kier molecular flexibility index (Phi) is 6.58. The Labute approximate surface area is 199 Å². The maximum Gasteiger partial charge on any atom is 0.262 e. The zero-order valence-electron chi connectivity index (χ0n) is 17.8. The van der Waals surface area contributed by atoms with Gasteiger partial charge in [-0.2, -0.15) is 0 Å². The maximum atomic E-state index is 12.9. The van der Waals surface area contributed by atoms with Gasteiger partial charge in [-0.1, -0.05) is 41.4 Å². The highest BCUT2D eigenvalue weighted by Gasteiger charge is 2.13. The third kappa shape index (κ3) is 5.13. The first kappa shape index (κ1) is 22.7. The van der Waals surface area contributed by atoms with Gasteiger partial charge in [0.1, 0.15) is 23.3 Å². The molecule has 168 valence electrons. The van der Waals surface area contributed by atoms with Gasteiger partial charge in [0, 0.05) is 6.07 Å². The molecule has 0 bridgehead atoms. The summed E-state index contributed by atoms with van der Waals surface area (Å²) in [5.74, 6) is 0.620. The average molecular weight is 484 g/mol. The number of hydrogen-bond donors (Lipinski definition) is 1. The molecular weight excluding hydrogens is 465 g/mol. The third-order valence-electron chi connectivity index (χ3n) is 4.87. The lowest BCUT2D eigenvalue weighted by molar-refractivity contribution is -0.118. The summed E-state index contributed by atoms with van der Waals surface area (Å²) in [5.41, 5.74) is 2.31. The number of carbonyl (C=O) groups is 1. The Morgan fingerprint density at radius 2 is 1.85 bits per heavy atom. The molecule has 0 saturated carbocycles. The van der Waals surface area contributed by atoms with Crippen molar-refractivity contribution in [3.8, 4) is 17.2 Å². The summed E-state index contributed by atoms with van der Waals surface area (Å²) in [7, 11) is 0. The van der Waals surface area contributed by atoms with E-state index < -0.39 is 5.91 Å². The second-order valence-corrected chi connectivity index (χ2v) is 8.18. The van der Waals surface area contributed by atoms with E-state index in [1.54, 1.807) is 30.3 Å². The van der Waals surface area contributed by atoms with Crippen LogP contribution in [0.2, 0.25) is 10.0 Å². The van der Waals surface area contributed by atoms with Crippen LogP contribution < -0.4 is 20.2 Å². The van der Waals surface area contributed by atoms with E-state index in [0.717, 1.165) is 11.1 Å². The van der Waals surface area contributed by atoms with Gasteiger partial charge in [-0.3, -0.25) is 9.59 Å². The summed E-state index contributed by atoms with van der Waals surface area (Å²) in [5, 5.41) is 3.55. The van der Waals surface area contributed by atoms with E-state index in [0.29, 0.717) is 33.2 Å². The van der Waals surface area contributed by atoms with Gasteiger partial charge in [0.15, 0.2) is 6.61 Å². The molecule has 0 unspecified atom stereocenters. The van der Waals surface area contributed by atoms with Crippen molar-refractivity contribution in [1.82, 2.24) is 0 Å². The second kappa shape index (κ2) is 9.57. The summed E-state index contributed by atoms with van der Waals surface area (Å²) in [6, 6.07) is 15.4. The van der Waals surface area contributed by atoms with Crippen molar-refractivity contribution in [2.24, 2.45) is 0 Å². The van der Waals surface area contributed by atoms with E-state index in [1.807, 2.05) is 32.0 Å². The molecule has 1 aromatic heterocycles. The monoisotopic (exact) mass is 483 g/mol. The summed E-state index contributed by atoms with van der Waals surface area (Å²) >= 11 is 12.0. The summed E-state index contributed by atoms with van der Waals surface area (Å²) in [6.07, 6.45) is 1.27. The molecule has 0 aliphatic rings. The number of nitrogens with one attached hydrogen (secondary N) is 1. The van der Waals surface area contributed by atoms with Crippen LogP contribution in [0, 0.1) is 13.8 Å². The van der Waals surface area contributed by atoms with E-state index in [-0.39, 0.29) is 22.8 Å². The number of ether oxygens (including phenoxy) is 2. The van der Waals surface area contributed by atoms with Gasteiger partial charge in [-0.25, -0.2) is 0 Å². The van der Waals surface area contributed by atoms with Crippen LogP contribution >= 0.6 is 23.2 Å². The number of benzene rings is 3. The molecule has 4 rings (SSSR count). The van der Waals surface area contributed by atoms with Crippen molar-refractivity contribution in [1.29, 1.82) is 0 Å². The van der Waals surface area contributed by atoms with Gasteiger partial charge in [-0.15, -0.1) is 0 Å². The number of rotatable bonds is 6. The fourth-order valence-corrected chi connectivity index (χ4v) is 3.47. The molecule has 3 aromatic carbocycles. The molecule has 1 N–H and O–H groups in total. The minimum atomic E-state index is -0.419. The van der Waals surface area contributed by atoms with Crippen molar-refractivity contribution < 1.29 is 18.7 Å². The van der Waals surface area contributed by atoms with E-state index in [2.05, 4.69) is 5.32 Å². The second-order valence-electron chi connectivity index (χ2n) is 7.40. The van der Waals surface area contributed by atoms with Crippen molar-refractivity contribution in [2.45, 2.75) is 13.8 Å². The normalized spacial score (nSPS) is 10.8. The number of fused-ring (bicyclic) bond motifs is 1. The van der Waals surface area contributed by atoms with Crippen molar-refractivity contribution in [3.05, 3.63) is 92.3 Å². The van der Waals surface area contributed by atoms with Gasteiger partial charge in [0.25, 0.3) is 5.91 Å². The van der Waals surface area contributed by atoms with Crippen LogP contribution in [0.25, 0.3) is 11.0 Å². The van der Waals surface area contributed by atoms with E-state index in [1.165, 1.54) is 12.3 Å². The van der Waals surface area contributed by atoms with Crippen LogP contribution in [0.1, 0.15) is 11.1 Å². The average Bonchev–Trinajstić information content (AvgIpc) is 2.79. The van der Waals surface area contributed by atoms with Crippen LogP contribution in [-0.2, 0) is 4.79 Å². The molecule has 0 atom stereocenters. The molecule has 0 spiro atoms. The number of anilines is 1. The van der Waals surface area contributed by atoms with Crippen LogP contribution in [0.4, 0.5) is 5.69 Å². The zero-order chi connectivity index (χ0) is 23.5. The SMILES string of the molecule is Cc1ccc(C)c(Oc2coc3cc(OCC(=O)Nc4cccc(Cl)c4Cl)ccc3c2=O)c1.